The van der Waals surface area contributed by atoms with Crippen LogP contribution in [0.3, 0.4) is 0 Å². The Kier molecular flexibility index (Phi) is 6.68. The van der Waals surface area contributed by atoms with Gasteiger partial charge in [-0.15, -0.1) is 0 Å². The lowest BCUT2D eigenvalue weighted by Crippen LogP contribution is -2.12. The molecule has 4 heteroatoms. The van der Waals surface area contributed by atoms with Crippen LogP contribution in [-0.4, -0.2) is 12.5 Å². The Morgan fingerprint density at radius 2 is 1.61 bits per heavy atom. The summed E-state index contributed by atoms with van der Waals surface area (Å²) in [6.45, 7) is 5.33. The molecule has 3 aromatic rings. The Labute approximate surface area is 166 Å². The molecular formula is C24H25NO3. The molecule has 0 aliphatic carbocycles. The third kappa shape index (κ3) is 5.88. The minimum atomic E-state index is -0.171. The van der Waals surface area contributed by atoms with Crippen molar-refractivity contribution in [2.24, 2.45) is 5.92 Å². The van der Waals surface area contributed by atoms with Gasteiger partial charge in [0, 0.05) is 17.3 Å². The largest absolute Gasteiger partial charge is 0.493 e. The molecule has 4 nitrogen and oxygen atoms in total. The highest BCUT2D eigenvalue weighted by atomic mass is 16.5. The Morgan fingerprint density at radius 1 is 0.857 bits per heavy atom. The number of amides is 1. The van der Waals surface area contributed by atoms with Gasteiger partial charge in [0.1, 0.15) is 18.1 Å². The predicted molar refractivity (Wildman–Crippen MR) is 112 cm³/mol. The first-order chi connectivity index (χ1) is 13.6. The van der Waals surface area contributed by atoms with Gasteiger partial charge in [-0.3, -0.25) is 4.79 Å². The summed E-state index contributed by atoms with van der Waals surface area (Å²) in [5.41, 5.74) is 2.38. The van der Waals surface area contributed by atoms with Crippen LogP contribution in [0, 0.1) is 5.92 Å². The molecule has 28 heavy (non-hydrogen) atoms. The Morgan fingerprint density at radius 3 is 2.32 bits per heavy atom. The number of carbonyl (C=O) groups excluding carboxylic acids is 1. The molecule has 0 bridgehead atoms. The average molecular weight is 375 g/mol. The molecule has 1 N–H and O–H groups in total. The number of hydrogen-bond acceptors (Lipinski definition) is 3. The molecule has 0 aliphatic rings. The van der Waals surface area contributed by atoms with E-state index in [1.165, 1.54) is 0 Å². The fourth-order valence-electron chi connectivity index (χ4n) is 2.57. The normalized spacial score (nSPS) is 10.5. The molecule has 3 aromatic carbocycles. The minimum absolute atomic E-state index is 0.171. The van der Waals surface area contributed by atoms with Gasteiger partial charge in [0.25, 0.3) is 5.91 Å². The maximum Gasteiger partial charge on any atom is 0.255 e. The first-order valence-corrected chi connectivity index (χ1v) is 9.41. The number of anilines is 1. The monoisotopic (exact) mass is 375 g/mol. The number of ether oxygens (including phenoxy) is 2. The van der Waals surface area contributed by atoms with Crippen LogP contribution < -0.4 is 14.8 Å². The summed E-state index contributed by atoms with van der Waals surface area (Å²) < 4.78 is 11.5. The van der Waals surface area contributed by atoms with Gasteiger partial charge in [0.2, 0.25) is 0 Å². The number of rotatable bonds is 8. The van der Waals surface area contributed by atoms with Crippen LogP contribution >= 0.6 is 0 Å². The van der Waals surface area contributed by atoms with Crippen molar-refractivity contribution in [3.8, 4) is 11.5 Å². The summed E-state index contributed by atoms with van der Waals surface area (Å²) >= 11 is 0. The highest BCUT2D eigenvalue weighted by molar-refractivity contribution is 6.04. The standard InChI is InChI=1S/C24H25NO3/c1-18(2)16-27-23-10-6-9-21(15-23)25-24(26)20-11-13-22(14-12-20)28-17-19-7-4-3-5-8-19/h3-15,18H,16-17H2,1-2H3,(H,25,26). The second-order valence-electron chi connectivity index (χ2n) is 6.99. The van der Waals surface area contributed by atoms with Gasteiger partial charge in [-0.2, -0.15) is 0 Å². The molecule has 3 rings (SSSR count). The van der Waals surface area contributed by atoms with E-state index in [-0.39, 0.29) is 5.91 Å². The first kappa shape index (κ1) is 19.5. The summed E-state index contributed by atoms with van der Waals surface area (Å²) in [6.07, 6.45) is 0. The van der Waals surface area contributed by atoms with E-state index in [0.717, 1.165) is 17.1 Å². The molecule has 0 aliphatic heterocycles. The average Bonchev–Trinajstić information content (AvgIpc) is 2.72. The van der Waals surface area contributed by atoms with Crippen molar-refractivity contribution in [3.05, 3.63) is 90.0 Å². The van der Waals surface area contributed by atoms with Crippen molar-refractivity contribution in [3.63, 3.8) is 0 Å². The fourth-order valence-corrected chi connectivity index (χ4v) is 2.57. The molecule has 0 atom stereocenters. The molecule has 0 aromatic heterocycles. The molecular weight excluding hydrogens is 350 g/mol. The van der Waals surface area contributed by atoms with E-state index >= 15 is 0 Å². The zero-order valence-electron chi connectivity index (χ0n) is 16.2. The van der Waals surface area contributed by atoms with Gasteiger partial charge in [-0.05, 0) is 47.9 Å². The minimum Gasteiger partial charge on any atom is -0.493 e. The molecule has 0 unspecified atom stereocenters. The fraction of sp³-hybridized carbons (Fsp3) is 0.208. The Bertz CT molecular complexity index is 889. The number of benzene rings is 3. The molecule has 0 heterocycles. The van der Waals surface area contributed by atoms with Crippen LogP contribution in [0.1, 0.15) is 29.8 Å². The molecule has 0 spiro atoms. The van der Waals surface area contributed by atoms with Crippen molar-refractivity contribution >= 4 is 11.6 Å². The van der Waals surface area contributed by atoms with Crippen molar-refractivity contribution in [1.29, 1.82) is 0 Å². The van der Waals surface area contributed by atoms with Gasteiger partial charge < -0.3 is 14.8 Å². The van der Waals surface area contributed by atoms with Gasteiger partial charge in [0.05, 0.1) is 6.61 Å². The lowest BCUT2D eigenvalue weighted by atomic mass is 10.2. The quantitative estimate of drug-likeness (QED) is 0.561. The molecule has 0 saturated carbocycles. The molecule has 0 fully saturated rings. The summed E-state index contributed by atoms with van der Waals surface area (Å²) in [5, 5.41) is 2.90. The Balaban J connectivity index is 1.56. The second-order valence-corrected chi connectivity index (χ2v) is 6.99. The Hall–Kier alpha value is -3.27. The van der Waals surface area contributed by atoms with Gasteiger partial charge >= 0.3 is 0 Å². The first-order valence-electron chi connectivity index (χ1n) is 9.41. The highest BCUT2D eigenvalue weighted by Gasteiger charge is 2.07. The highest BCUT2D eigenvalue weighted by Crippen LogP contribution is 2.20. The van der Waals surface area contributed by atoms with Gasteiger partial charge in [-0.25, -0.2) is 0 Å². The topological polar surface area (TPSA) is 47.6 Å². The van der Waals surface area contributed by atoms with Crippen molar-refractivity contribution in [2.45, 2.75) is 20.5 Å². The lowest BCUT2D eigenvalue weighted by Gasteiger charge is -2.11. The number of hydrogen-bond donors (Lipinski definition) is 1. The third-order valence-electron chi connectivity index (χ3n) is 4.04. The smallest absolute Gasteiger partial charge is 0.255 e. The van der Waals surface area contributed by atoms with Crippen molar-refractivity contribution in [2.75, 3.05) is 11.9 Å². The maximum atomic E-state index is 12.5. The van der Waals surface area contributed by atoms with Crippen LogP contribution in [0.25, 0.3) is 0 Å². The van der Waals surface area contributed by atoms with Crippen LogP contribution in [0.4, 0.5) is 5.69 Å². The van der Waals surface area contributed by atoms with Crippen LogP contribution in [-0.2, 0) is 6.61 Å². The molecule has 1 amide bonds. The zero-order chi connectivity index (χ0) is 19.8. The summed E-state index contributed by atoms with van der Waals surface area (Å²) in [6, 6.07) is 24.5. The van der Waals surface area contributed by atoms with Gasteiger partial charge in [0.15, 0.2) is 0 Å². The summed E-state index contributed by atoms with van der Waals surface area (Å²) in [4.78, 5) is 12.5. The van der Waals surface area contributed by atoms with Crippen LogP contribution in [0.2, 0.25) is 0 Å². The van der Waals surface area contributed by atoms with E-state index in [4.69, 9.17) is 9.47 Å². The van der Waals surface area contributed by atoms with Gasteiger partial charge in [-0.1, -0.05) is 50.2 Å². The maximum absolute atomic E-state index is 12.5. The van der Waals surface area contributed by atoms with E-state index in [1.807, 2.05) is 54.6 Å². The molecule has 0 radical (unpaired) electrons. The van der Waals surface area contributed by atoms with E-state index in [9.17, 15) is 4.79 Å². The van der Waals surface area contributed by atoms with E-state index in [1.54, 1.807) is 24.3 Å². The SMILES string of the molecule is CC(C)COc1cccc(NC(=O)c2ccc(OCc3ccccc3)cc2)c1. The third-order valence-corrected chi connectivity index (χ3v) is 4.04. The van der Waals surface area contributed by atoms with E-state index in [0.29, 0.717) is 30.4 Å². The predicted octanol–water partition coefficient (Wildman–Crippen LogP) is 5.55. The van der Waals surface area contributed by atoms with Crippen molar-refractivity contribution in [1.82, 2.24) is 0 Å². The van der Waals surface area contributed by atoms with Crippen molar-refractivity contribution < 1.29 is 14.3 Å². The number of nitrogens with one attached hydrogen (secondary N) is 1. The summed E-state index contributed by atoms with van der Waals surface area (Å²) in [5.74, 6) is 1.75. The van der Waals surface area contributed by atoms with Crippen LogP contribution in [0.15, 0.2) is 78.9 Å². The lowest BCUT2D eigenvalue weighted by molar-refractivity contribution is 0.102. The second kappa shape index (κ2) is 9.60. The number of carbonyl (C=O) groups is 1. The van der Waals surface area contributed by atoms with E-state index < -0.39 is 0 Å². The summed E-state index contributed by atoms with van der Waals surface area (Å²) in [7, 11) is 0. The van der Waals surface area contributed by atoms with E-state index in [2.05, 4.69) is 19.2 Å². The molecule has 144 valence electrons. The molecule has 0 saturated heterocycles. The zero-order valence-corrected chi connectivity index (χ0v) is 16.2. The van der Waals surface area contributed by atoms with Crippen LogP contribution in [0.5, 0.6) is 11.5 Å².